The molecule has 0 radical (unpaired) electrons. The number of hydrogen-bond donors (Lipinski definition) is 1. The van der Waals surface area contributed by atoms with Gasteiger partial charge in [-0.15, -0.1) is 0 Å². The zero-order chi connectivity index (χ0) is 10.8. The van der Waals surface area contributed by atoms with Gasteiger partial charge in [0.25, 0.3) is 0 Å². The lowest BCUT2D eigenvalue weighted by Gasteiger charge is -2.09. The summed E-state index contributed by atoms with van der Waals surface area (Å²) in [5, 5.41) is 8.87. The molecule has 1 unspecified atom stereocenters. The second-order valence-electron chi connectivity index (χ2n) is 3.90. The topological polar surface area (TPSA) is 46.5 Å². The lowest BCUT2D eigenvalue weighted by Crippen LogP contribution is -2.04. The van der Waals surface area contributed by atoms with Crippen LogP contribution < -0.4 is 0 Å². The molecular weight excluding hydrogens is 192 g/mol. The monoisotopic (exact) mass is 206 g/mol. The van der Waals surface area contributed by atoms with Gasteiger partial charge in [-0.25, -0.2) is 0 Å². The van der Waals surface area contributed by atoms with Crippen molar-refractivity contribution < 1.29 is 14.6 Å². The molecule has 0 fully saturated rings. The van der Waals surface area contributed by atoms with Gasteiger partial charge < -0.3 is 9.84 Å². The summed E-state index contributed by atoms with van der Waals surface area (Å²) >= 11 is 0. The molecule has 1 heterocycles. The van der Waals surface area contributed by atoms with Crippen LogP contribution in [-0.4, -0.2) is 11.1 Å². The molecule has 0 saturated heterocycles. The van der Waals surface area contributed by atoms with Gasteiger partial charge in [0.2, 0.25) is 0 Å². The van der Waals surface area contributed by atoms with Crippen LogP contribution in [0.2, 0.25) is 0 Å². The number of ether oxygens (including phenoxy) is 1. The smallest absolute Gasteiger partial charge is 0.307 e. The van der Waals surface area contributed by atoms with E-state index in [9.17, 15) is 4.79 Å². The third kappa shape index (κ3) is 1.82. The Morgan fingerprint density at radius 2 is 2.47 bits per heavy atom. The molecule has 2 rings (SSSR count). The predicted octanol–water partition coefficient (Wildman–Crippen LogP) is 2.62. The minimum atomic E-state index is -0.753. The van der Waals surface area contributed by atoms with E-state index >= 15 is 0 Å². The first kappa shape index (κ1) is 10.0. The van der Waals surface area contributed by atoms with E-state index in [1.165, 1.54) is 0 Å². The average Bonchev–Trinajstić information content (AvgIpc) is 2.56. The summed E-state index contributed by atoms with van der Waals surface area (Å²) in [6.45, 7) is 2.09. The molecule has 3 nitrogen and oxygen atoms in total. The highest BCUT2D eigenvalue weighted by Gasteiger charge is 2.29. The van der Waals surface area contributed by atoms with E-state index in [1.54, 1.807) is 12.5 Å². The lowest BCUT2D eigenvalue weighted by molar-refractivity contribution is -0.136. The molecule has 0 aromatic carbocycles. The summed E-state index contributed by atoms with van der Waals surface area (Å²) in [5.74, 6) is -0.384. The van der Waals surface area contributed by atoms with Crippen molar-refractivity contribution in [2.45, 2.75) is 26.2 Å². The molecule has 0 spiro atoms. The Bertz CT molecular complexity index is 374. The van der Waals surface area contributed by atoms with Crippen LogP contribution in [0.25, 0.3) is 0 Å². The lowest BCUT2D eigenvalue weighted by atomic mass is 9.95. The Morgan fingerprint density at radius 1 is 1.67 bits per heavy atom. The zero-order valence-corrected chi connectivity index (χ0v) is 8.69. The normalized spacial score (nSPS) is 23.5. The van der Waals surface area contributed by atoms with Crippen LogP contribution in [0.1, 0.15) is 26.2 Å². The first-order valence-corrected chi connectivity index (χ1v) is 5.18. The van der Waals surface area contributed by atoms with Gasteiger partial charge in [0.15, 0.2) is 0 Å². The van der Waals surface area contributed by atoms with Crippen molar-refractivity contribution in [2.24, 2.45) is 5.92 Å². The number of carbonyl (C=O) groups is 1. The average molecular weight is 206 g/mol. The van der Waals surface area contributed by atoms with Gasteiger partial charge in [0.1, 0.15) is 0 Å². The van der Waals surface area contributed by atoms with Crippen molar-refractivity contribution in [3.63, 3.8) is 0 Å². The summed E-state index contributed by atoms with van der Waals surface area (Å²) in [6, 6.07) is 0. The number of allylic oxidation sites excluding steroid dienone is 3. The zero-order valence-electron chi connectivity index (χ0n) is 8.69. The van der Waals surface area contributed by atoms with Crippen molar-refractivity contribution in [3.8, 4) is 0 Å². The van der Waals surface area contributed by atoms with Crippen LogP contribution >= 0.6 is 0 Å². The standard InChI is InChI=1S/C12H14O3/c1-2-8-5-9-7-15-4-3-10(9)11(8)6-12(13)14/h3-4,7-8H,2,5-6H2,1H3,(H,13,14). The number of fused-ring (bicyclic) bond motifs is 1. The van der Waals surface area contributed by atoms with Gasteiger partial charge in [0, 0.05) is 0 Å². The first-order chi connectivity index (χ1) is 7.22. The van der Waals surface area contributed by atoms with E-state index in [0.29, 0.717) is 5.92 Å². The number of hydrogen-bond acceptors (Lipinski definition) is 2. The Morgan fingerprint density at radius 3 is 3.13 bits per heavy atom. The van der Waals surface area contributed by atoms with Crippen molar-refractivity contribution in [1.29, 1.82) is 0 Å². The van der Waals surface area contributed by atoms with Crippen LogP contribution in [0, 0.1) is 5.92 Å². The largest absolute Gasteiger partial charge is 0.481 e. The number of aliphatic carboxylic acids is 1. The fourth-order valence-electron chi connectivity index (χ4n) is 2.27. The highest BCUT2D eigenvalue weighted by Crippen LogP contribution is 2.41. The van der Waals surface area contributed by atoms with E-state index in [-0.39, 0.29) is 6.42 Å². The van der Waals surface area contributed by atoms with Gasteiger partial charge >= 0.3 is 5.97 Å². The highest BCUT2D eigenvalue weighted by molar-refractivity contribution is 5.72. The fraction of sp³-hybridized carbons (Fsp3) is 0.417. The van der Waals surface area contributed by atoms with Gasteiger partial charge in [-0.2, -0.15) is 0 Å². The Kier molecular flexibility index (Phi) is 2.62. The molecule has 1 aliphatic heterocycles. The van der Waals surface area contributed by atoms with Crippen molar-refractivity contribution in [1.82, 2.24) is 0 Å². The van der Waals surface area contributed by atoms with Crippen LogP contribution in [0.5, 0.6) is 0 Å². The molecular formula is C12H14O3. The maximum atomic E-state index is 10.8. The SMILES string of the molecule is CCC1CC2=COC=CC2=C1CC(=O)O. The van der Waals surface area contributed by atoms with Crippen molar-refractivity contribution >= 4 is 5.97 Å². The molecule has 1 atom stereocenters. The molecule has 1 N–H and O–H groups in total. The third-order valence-electron chi connectivity index (χ3n) is 3.01. The molecule has 2 aliphatic rings. The second-order valence-corrected chi connectivity index (χ2v) is 3.90. The molecule has 0 aromatic rings. The summed E-state index contributed by atoms with van der Waals surface area (Å²) in [7, 11) is 0. The van der Waals surface area contributed by atoms with Crippen LogP contribution in [0.3, 0.4) is 0 Å². The summed E-state index contributed by atoms with van der Waals surface area (Å²) in [6.07, 6.45) is 7.26. The van der Waals surface area contributed by atoms with E-state index in [2.05, 4.69) is 6.92 Å². The third-order valence-corrected chi connectivity index (χ3v) is 3.01. The molecule has 0 amide bonds. The van der Waals surface area contributed by atoms with E-state index in [0.717, 1.165) is 29.6 Å². The Hall–Kier alpha value is -1.51. The van der Waals surface area contributed by atoms with Gasteiger partial charge in [-0.1, -0.05) is 6.92 Å². The van der Waals surface area contributed by atoms with Gasteiger partial charge in [0.05, 0.1) is 18.9 Å². The molecule has 15 heavy (non-hydrogen) atoms. The van der Waals surface area contributed by atoms with Crippen LogP contribution in [0.4, 0.5) is 0 Å². The van der Waals surface area contributed by atoms with Crippen molar-refractivity contribution in [3.05, 3.63) is 35.3 Å². The van der Waals surface area contributed by atoms with E-state index < -0.39 is 5.97 Å². The number of rotatable bonds is 3. The summed E-state index contributed by atoms with van der Waals surface area (Å²) < 4.78 is 5.11. The van der Waals surface area contributed by atoms with Crippen LogP contribution in [-0.2, 0) is 9.53 Å². The number of carboxylic acid groups (broad SMARTS) is 1. The Balaban J connectivity index is 2.34. The summed E-state index contributed by atoms with van der Waals surface area (Å²) in [4.78, 5) is 10.8. The fourth-order valence-corrected chi connectivity index (χ4v) is 2.27. The molecule has 0 saturated carbocycles. The quantitative estimate of drug-likeness (QED) is 0.772. The molecule has 0 bridgehead atoms. The second kappa shape index (κ2) is 3.93. The van der Waals surface area contributed by atoms with E-state index in [1.807, 2.05) is 6.08 Å². The predicted molar refractivity (Wildman–Crippen MR) is 56.0 cm³/mol. The van der Waals surface area contributed by atoms with Gasteiger partial charge in [-0.3, -0.25) is 4.79 Å². The minimum Gasteiger partial charge on any atom is -0.481 e. The maximum Gasteiger partial charge on any atom is 0.307 e. The van der Waals surface area contributed by atoms with Gasteiger partial charge in [-0.05, 0) is 41.6 Å². The summed E-state index contributed by atoms with van der Waals surface area (Å²) in [5.41, 5.74) is 3.27. The van der Waals surface area contributed by atoms with Crippen molar-refractivity contribution in [2.75, 3.05) is 0 Å². The van der Waals surface area contributed by atoms with E-state index in [4.69, 9.17) is 9.84 Å². The highest BCUT2D eigenvalue weighted by atomic mass is 16.5. The maximum absolute atomic E-state index is 10.8. The molecule has 80 valence electrons. The first-order valence-electron chi connectivity index (χ1n) is 5.18. The molecule has 0 aromatic heterocycles. The number of carboxylic acids is 1. The molecule has 1 aliphatic carbocycles. The van der Waals surface area contributed by atoms with Crippen LogP contribution in [0.15, 0.2) is 35.3 Å². The Labute approximate surface area is 88.7 Å². The molecule has 3 heteroatoms. The minimum absolute atomic E-state index is 0.148.